The largest absolute Gasteiger partial charge is 0.458 e. The second-order valence-electron chi connectivity index (χ2n) is 6.08. The molecule has 114 valence electrons. The number of nitrogens with zero attached hydrogens (tertiary/aromatic N) is 4. The van der Waals surface area contributed by atoms with Crippen molar-refractivity contribution in [2.45, 2.75) is 32.4 Å². The number of furan rings is 1. The van der Waals surface area contributed by atoms with Crippen LogP contribution in [0.15, 0.2) is 34.9 Å². The third-order valence-corrected chi connectivity index (χ3v) is 4.53. The van der Waals surface area contributed by atoms with E-state index in [4.69, 9.17) is 9.40 Å². The van der Waals surface area contributed by atoms with E-state index >= 15 is 0 Å². The van der Waals surface area contributed by atoms with Crippen LogP contribution in [0, 0.1) is 6.92 Å². The summed E-state index contributed by atoms with van der Waals surface area (Å²) in [6, 6.07) is 8.45. The van der Waals surface area contributed by atoms with E-state index in [1.807, 2.05) is 37.4 Å². The van der Waals surface area contributed by atoms with Crippen LogP contribution in [0.25, 0.3) is 22.7 Å². The average molecular weight is 296 g/mol. The molecule has 5 heteroatoms. The standard InChI is InChI=1S/C17H20N4O/c1-12-7-8-15(22-12)17-19-14-6-3-9-18-16(14)21(17)11-13-5-4-10-20(13)2/h3,6-9,13H,4-5,10-11H2,1-2H3. The first-order valence-electron chi connectivity index (χ1n) is 7.80. The molecule has 0 N–H and O–H groups in total. The van der Waals surface area contributed by atoms with Crippen LogP contribution in [0.3, 0.4) is 0 Å². The van der Waals surface area contributed by atoms with Gasteiger partial charge in [-0.1, -0.05) is 0 Å². The molecule has 0 saturated carbocycles. The first kappa shape index (κ1) is 13.5. The van der Waals surface area contributed by atoms with Crippen LogP contribution in [-0.4, -0.2) is 39.1 Å². The van der Waals surface area contributed by atoms with Gasteiger partial charge in [-0.25, -0.2) is 9.97 Å². The van der Waals surface area contributed by atoms with Crippen molar-refractivity contribution < 1.29 is 4.42 Å². The van der Waals surface area contributed by atoms with Gasteiger partial charge >= 0.3 is 0 Å². The zero-order valence-electron chi connectivity index (χ0n) is 13.0. The molecule has 0 spiro atoms. The molecule has 4 rings (SSSR count). The van der Waals surface area contributed by atoms with Gasteiger partial charge in [0.1, 0.15) is 11.3 Å². The van der Waals surface area contributed by atoms with Crippen molar-refractivity contribution in [2.24, 2.45) is 0 Å². The molecule has 1 aliphatic rings. The third kappa shape index (κ3) is 2.22. The second kappa shape index (κ2) is 5.25. The number of pyridine rings is 1. The Morgan fingerprint density at radius 1 is 1.32 bits per heavy atom. The highest BCUT2D eigenvalue weighted by Gasteiger charge is 2.24. The van der Waals surface area contributed by atoms with E-state index in [1.165, 1.54) is 19.4 Å². The molecule has 0 aromatic carbocycles. The van der Waals surface area contributed by atoms with Crippen LogP contribution in [-0.2, 0) is 6.54 Å². The molecule has 22 heavy (non-hydrogen) atoms. The van der Waals surface area contributed by atoms with Gasteiger partial charge in [0.15, 0.2) is 17.2 Å². The Bertz CT molecular complexity index is 804. The fourth-order valence-corrected chi connectivity index (χ4v) is 3.29. The molecule has 1 unspecified atom stereocenters. The lowest BCUT2D eigenvalue weighted by atomic mass is 10.2. The maximum atomic E-state index is 5.81. The van der Waals surface area contributed by atoms with Gasteiger partial charge in [0, 0.05) is 18.8 Å². The lowest BCUT2D eigenvalue weighted by Crippen LogP contribution is -2.29. The first-order valence-corrected chi connectivity index (χ1v) is 7.80. The molecule has 0 radical (unpaired) electrons. The summed E-state index contributed by atoms with van der Waals surface area (Å²) in [6.45, 7) is 4.03. The highest BCUT2D eigenvalue weighted by molar-refractivity contribution is 5.75. The van der Waals surface area contributed by atoms with Gasteiger partial charge in [0.25, 0.3) is 0 Å². The van der Waals surface area contributed by atoms with E-state index in [9.17, 15) is 0 Å². The van der Waals surface area contributed by atoms with Gasteiger partial charge in [-0.05, 0) is 57.6 Å². The van der Waals surface area contributed by atoms with E-state index < -0.39 is 0 Å². The fraction of sp³-hybridized carbons (Fsp3) is 0.412. The van der Waals surface area contributed by atoms with Crippen molar-refractivity contribution in [2.75, 3.05) is 13.6 Å². The summed E-state index contributed by atoms with van der Waals surface area (Å²) in [7, 11) is 2.20. The third-order valence-electron chi connectivity index (χ3n) is 4.53. The quantitative estimate of drug-likeness (QED) is 0.745. The number of fused-ring (bicyclic) bond motifs is 1. The lowest BCUT2D eigenvalue weighted by Gasteiger charge is -2.20. The maximum Gasteiger partial charge on any atom is 0.178 e. The minimum absolute atomic E-state index is 0.536. The summed E-state index contributed by atoms with van der Waals surface area (Å²) in [5, 5.41) is 0. The fourth-order valence-electron chi connectivity index (χ4n) is 3.29. The van der Waals surface area contributed by atoms with Crippen LogP contribution in [0.5, 0.6) is 0 Å². The number of likely N-dealkylation sites (tertiary alicyclic amines) is 1. The molecule has 0 amide bonds. The molecule has 1 aliphatic heterocycles. The van der Waals surface area contributed by atoms with Crippen LogP contribution < -0.4 is 0 Å². The molecule has 1 saturated heterocycles. The Kier molecular flexibility index (Phi) is 3.22. The normalized spacial score (nSPS) is 19.3. The Morgan fingerprint density at radius 3 is 2.95 bits per heavy atom. The van der Waals surface area contributed by atoms with Gasteiger partial charge in [0.2, 0.25) is 0 Å². The molecule has 4 heterocycles. The monoisotopic (exact) mass is 296 g/mol. The summed E-state index contributed by atoms with van der Waals surface area (Å²) in [5.41, 5.74) is 1.86. The average Bonchev–Trinajstić information content (AvgIpc) is 3.20. The van der Waals surface area contributed by atoms with Gasteiger partial charge in [-0.3, -0.25) is 0 Å². The summed E-state index contributed by atoms with van der Waals surface area (Å²) < 4.78 is 8.01. The number of hydrogen-bond acceptors (Lipinski definition) is 4. The van der Waals surface area contributed by atoms with E-state index in [2.05, 4.69) is 21.5 Å². The number of aryl methyl sites for hydroxylation is 1. The molecule has 0 bridgehead atoms. The van der Waals surface area contributed by atoms with E-state index in [1.54, 1.807) is 0 Å². The molecule has 1 fully saturated rings. The molecule has 3 aromatic heterocycles. The first-order chi connectivity index (χ1) is 10.7. The summed E-state index contributed by atoms with van der Waals surface area (Å²) >= 11 is 0. The highest BCUT2D eigenvalue weighted by Crippen LogP contribution is 2.27. The summed E-state index contributed by atoms with van der Waals surface area (Å²) in [4.78, 5) is 11.7. The van der Waals surface area contributed by atoms with Gasteiger partial charge in [-0.15, -0.1) is 0 Å². The minimum Gasteiger partial charge on any atom is -0.458 e. The van der Waals surface area contributed by atoms with Crippen LogP contribution in [0.2, 0.25) is 0 Å². The van der Waals surface area contributed by atoms with E-state index in [0.29, 0.717) is 6.04 Å². The van der Waals surface area contributed by atoms with Crippen molar-refractivity contribution in [3.8, 4) is 11.6 Å². The number of hydrogen-bond donors (Lipinski definition) is 0. The van der Waals surface area contributed by atoms with E-state index in [-0.39, 0.29) is 0 Å². The number of likely N-dealkylation sites (N-methyl/N-ethyl adjacent to an activating group) is 1. The maximum absolute atomic E-state index is 5.81. The minimum atomic E-state index is 0.536. The van der Waals surface area contributed by atoms with Crippen molar-refractivity contribution in [1.82, 2.24) is 19.4 Å². The van der Waals surface area contributed by atoms with Gasteiger partial charge < -0.3 is 13.9 Å². The summed E-state index contributed by atoms with van der Waals surface area (Å²) in [6.07, 6.45) is 4.31. The molecule has 0 aliphatic carbocycles. The number of imidazole rings is 1. The highest BCUT2D eigenvalue weighted by atomic mass is 16.3. The molecule has 3 aromatic rings. The Balaban J connectivity index is 1.83. The number of aromatic nitrogens is 3. The van der Waals surface area contributed by atoms with Crippen LogP contribution in [0.4, 0.5) is 0 Å². The predicted molar refractivity (Wildman–Crippen MR) is 85.6 cm³/mol. The molecular formula is C17H20N4O. The Morgan fingerprint density at radius 2 is 2.23 bits per heavy atom. The molecule has 5 nitrogen and oxygen atoms in total. The lowest BCUT2D eigenvalue weighted by molar-refractivity contribution is 0.284. The number of rotatable bonds is 3. The van der Waals surface area contributed by atoms with Crippen LogP contribution in [0.1, 0.15) is 18.6 Å². The smallest absolute Gasteiger partial charge is 0.178 e. The van der Waals surface area contributed by atoms with Gasteiger partial charge in [-0.2, -0.15) is 0 Å². The zero-order valence-corrected chi connectivity index (χ0v) is 13.0. The Hall–Kier alpha value is -2.14. The predicted octanol–water partition coefficient (Wildman–Crippen LogP) is 3.09. The van der Waals surface area contributed by atoms with Gasteiger partial charge in [0.05, 0.1) is 0 Å². The van der Waals surface area contributed by atoms with Crippen molar-refractivity contribution in [1.29, 1.82) is 0 Å². The Labute approximate surface area is 129 Å². The summed E-state index contributed by atoms with van der Waals surface area (Å²) in [5.74, 6) is 2.60. The second-order valence-corrected chi connectivity index (χ2v) is 6.08. The zero-order chi connectivity index (χ0) is 15.1. The van der Waals surface area contributed by atoms with Crippen LogP contribution >= 0.6 is 0 Å². The topological polar surface area (TPSA) is 47.1 Å². The van der Waals surface area contributed by atoms with Crippen molar-refractivity contribution in [3.63, 3.8) is 0 Å². The SMILES string of the molecule is Cc1ccc(-c2nc3cccnc3n2CC2CCCN2C)o1. The van der Waals surface area contributed by atoms with Crippen molar-refractivity contribution >= 4 is 11.2 Å². The van der Waals surface area contributed by atoms with Crippen molar-refractivity contribution in [3.05, 3.63) is 36.2 Å². The van der Waals surface area contributed by atoms with E-state index in [0.717, 1.165) is 35.1 Å². The molecular weight excluding hydrogens is 276 g/mol. The molecule has 1 atom stereocenters.